The van der Waals surface area contributed by atoms with Gasteiger partial charge in [0, 0.05) is 6.54 Å². The lowest BCUT2D eigenvalue weighted by Gasteiger charge is -2.09. The summed E-state index contributed by atoms with van der Waals surface area (Å²) in [7, 11) is 4.08. The minimum atomic E-state index is -0.388. The number of rotatable bonds is 6. The molecule has 0 fully saturated rings. The standard InChI is InChI=1S/C13H20N2O2/c1-15(2)11-7-6-10-14-13(16)17-12-8-4-3-5-9-12/h3-5,8-9H,6-7,10-11H2,1-2H3,(H,14,16). The van der Waals surface area contributed by atoms with E-state index >= 15 is 0 Å². The van der Waals surface area contributed by atoms with E-state index in [1.807, 2.05) is 32.3 Å². The van der Waals surface area contributed by atoms with Gasteiger partial charge >= 0.3 is 6.09 Å². The highest BCUT2D eigenvalue weighted by Crippen LogP contribution is 2.07. The van der Waals surface area contributed by atoms with Gasteiger partial charge in [0.15, 0.2) is 0 Å². The lowest BCUT2D eigenvalue weighted by Crippen LogP contribution is -2.28. The summed E-state index contributed by atoms with van der Waals surface area (Å²) in [6, 6.07) is 9.06. The highest BCUT2D eigenvalue weighted by molar-refractivity contribution is 5.70. The molecule has 1 aromatic carbocycles. The first kappa shape index (κ1) is 13.5. The molecule has 0 aliphatic heterocycles. The van der Waals surface area contributed by atoms with Crippen LogP contribution >= 0.6 is 0 Å². The van der Waals surface area contributed by atoms with E-state index in [0.29, 0.717) is 12.3 Å². The summed E-state index contributed by atoms with van der Waals surface area (Å²) in [5, 5.41) is 2.73. The molecule has 1 amide bonds. The molecule has 0 saturated carbocycles. The van der Waals surface area contributed by atoms with Crippen LogP contribution < -0.4 is 10.1 Å². The molecule has 4 heteroatoms. The molecule has 0 aromatic heterocycles. The monoisotopic (exact) mass is 236 g/mol. The highest BCUT2D eigenvalue weighted by Gasteiger charge is 2.02. The predicted molar refractivity (Wildman–Crippen MR) is 68.3 cm³/mol. The summed E-state index contributed by atoms with van der Waals surface area (Å²) in [4.78, 5) is 13.5. The Balaban J connectivity index is 2.10. The fraction of sp³-hybridized carbons (Fsp3) is 0.462. The topological polar surface area (TPSA) is 41.6 Å². The zero-order valence-corrected chi connectivity index (χ0v) is 10.5. The van der Waals surface area contributed by atoms with Crippen molar-refractivity contribution in [1.29, 1.82) is 0 Å². The second kappa shape index (κ2) is 7.68. The predicted octanol–water partition coefficient (Wildman–Crippen LogP) is 2.12. The maximum Gasteiger partial charge on any atom is 0.412 e. The van der Waals surface area contributed by atoms with Gasteiger partial charge in [0.25, 0.3) is 0 Å². The van der Waals surface area contributed by atoms with Crippen molar-refractivity contribution >= 4 is 6.09 Å². The number of hydrogen-bond acceptors (Lipinski definition) is 3. The summed E-state index contributed by atoms with van der Waals surface area (Å²) in [5.41, 5.74) is 0. The van der Waals surface area contributed by atoms with Crippen molar-refractivity contribution < 1.29 is 9.53 Å². The zero-order chi connectivity index (χ0) is 12.5. The van der Waals surface area contributed by atoms with Gasteiger partial charge in [-0.2, -0.15) is 0 Å². The second-order valence-corrected chi connectivity index (χ2v) is 4.14. The Hall–Kier alpha value is -1.55. The summed E-state index contributed by atoms with van der Waals surface area (Å²) in [5.74, 6) is 0.568. The van der Waals surface area contributed by atoms with Gasteiger partial charge in [0.2, 0.25) is 0 Å². The van der Waals surface area contributed by atoms with Gasteiger partial charge in [-0.1, -0.05) is 18.2 Å². The van der Waals surface area contributed by atoms with Crippen LogP contribution in [-0.4, -0.2) is 38.2 Å². The van der Waals surface area contributed by atoms with Gasteiger partial charge in [-0.15, -0.1) is 0 Å². The zero-order valence-electron chi connectivity index (χ0n) is 10.5. The Kier molecular flexibility index (Phi) is 6.10. The third-order valence-electron chi connectivity index (χ3n) is 2.26. The van der Waals surface area contributed by atoms with E-state index in [4.69, 9.17) is 4.74 Å². The first-order valence-electron chi connectivity index (χ1n) is 5.84. The number of nitrogens with zero attached hydrogens (tertiary/aromatic N) is 1. The van der Waals surface area contributed by atoms with Crippen molar-refractivity contribution in [1.82, 2.24) is 10.2 Å². The average Bonchev–Trinajstić information content (AvgIpc) is 2.29. The Morgan fingerprint density at radius 2 is 1.94 bits per heavy atom. The van der Waals surface area contributed by atoms with Crippen LogP contribution in [0.2, 0.25) is 0 Å². The largest absolute Gasteiger partial charge is 0.412 e. The quantitative estimate of drug-likeness (QED) is 0.769. The van der Waals surface area contributed by atoms with Crippen LogP contribution in [-0.2, 0) is 0 Å². The molecule has 0 saturated heterocycles. The highest BCUT2D eigenvalue weighted by atomic mass is 16.5. The van der Waals surface area contributed by atoms with Crippen LogP contribution in [0.5, 0.6) is 5.75 Å². The molecule has 0 aliphatic rings. The first-order valence-corrected chi connectivity index (χ1v) is 5.84. The molecular weight excluding hydrogens is 216 g/mol. The first-order chi connectivity index (χ1) is 8.18. The van der Waals surface area contributed by atoms with Gasteiger partial charge in [-0.05, 0) is 45.6 Å². The number of carbonyl (C=O) groups excluding carboxylic acids is 1. The van der Waals surface area contributed by atoms with Gasteiger partial charge in [-0.25, -0.2) is 4.79 Å². The molecule has 0 heterocycles. The molecule has 17 heavy (non-hydrogen) atoms. The number of amides is 1. The van der Waals surface area contributed by atoms with E-state index in [1.165, 1.54) is 0 Å². The Morgan fingerprint density at radius 1 is 1.24 bits per heavy atom. The van der Waals surface area contributed by atoms with Crippen LogP contribution in [0, 0.1) is 0 Å². The van der Waals surface area contributed by atoms with Crippen LogP contribution in [0.15, 0.2) is 30.3 Å². The van der Waals surface area contributed by atoms with Crippen molar-refractivity contribution in [2.45, 2.75) is 12.8 Å². The summed E-state index contributed by atoms with van der Waals surface area (Å²) < 4.78 is 5.08. The summed E-state index contributed by atoms with van der Waals surface area (Å²) >= 11 is 0. The van der Waals surface area contributed by atoms with Crippen molar-refractivity contribution in [3.05, 3.63) is 30.3 Å². The van der Waals surface area contributed by atoms with E-state index in [9.17, 15) is 4.79 Å². The molecule has 0 aliphatic carbocycles. The van der Waals surface area contributed by atoms with Crippen molar-refractivity contribution in [2.24, 2.45) is 0 Å². The number of hydrogen-bond donors (Lipinski definition) is 1. The van der Waals surface area contributed by atoms with Gasteiger partial charge in [-0.3, -0.25) is 0 Å². The number of unbranched alkanes of at least 4 members (excludes halogenated alkanes) is 1. The maximum absolute atomic E-state index is 11.4. The molecular formula is C13H20N2O2. The van der Waals surface area contributed by atoms with Crippen LogP contribution in [0.3, 0.4) is 0 Å². The summed E-state index contributed by atoms with van der Waals surface area (Å²) in [6.45, 7) is 1.69. The molecule has 4 nitrogen and oxygen atoms in total. The minimum Gasteiger partial charge on any atom is -0.410 e. The minimum absolute atomic E-state index is 0.388. The lowest BCUT2D eigenvalue weighted by molar-refractivity contribution is 0.200. The van der Waals surface area contributed by atoms with Gasteiger partial charge in [0.05, 0.1) is 0 Å². The van der Waals surface area contributed by atoms with E-state index in [2.05, 4.69) is 10.2 Å². The van der Waals surface area contributed by atoms with Gasteiger partial charge in [0.1, 0.15) is 5.75 Å². The Bertz CT molecular complexity index is 325. The molecule has 1 N–H and O–H groups in total. The SMILES string of the molecule is CN(C)CCCCNC(=O)Oc1ccccc1. The van der Waals surface area contributed by atoms with Crippen LogP contribution in [0.25, 0.3) is 0 Å². The molecule has 0 spiro atoms. The third-order valence-corrected chi connectivity index (χ3v) is 2.26. The fourth-order valence-electron chi connectivity index (χ4n) is 1.38. The lowest BCUT2D eigenvalue weighted by atomic mass is 10.3. The van der Waals surface area contributed by atoms with Crippen molar-refractivity contribution in [2.75, 3.05) is 27.2 Å². The Morgan fingerprint density at radius 3 is 2.59 bits per heavy atom. The molecule has 1 rings (SSSR count). The third kappa shape index (κ3) is 6.58. The van der Waals surface area contributed by atoms with E-state index in [0.717, 1.165) is 19.4 Å². The van der Waals surface area contributed by atoms with Crippen LogP contribution in [0.1, 0.15) is 12.8 Å². The second-order valence-electron chi connectivity index (χ2n) is 4.14. The molecule has 0 atom stereocenters. The Labute approximate surface area is 103 Å². The van der Waals surface area contributed by atoms with Crippen molar-refractivity contribution in [3.8, 4) is 5.75 Å². The molecule has 1 aromatic rings. The summed E-state index contributed by atoms with van der Waals surface area (Å²) in [6.07, 6.45) is 1.64. The fourth-order valence-corrected chi connectivity index (χ4v) is 1.38. The van der Waals surface area contributed by atoms with Crippen molar-refractivity contribution in [3.63, 3.8) is 0 Å². The number of para-hydroxylation sites is 1. The smallest absolute Gasteiger partial charge is 0.410 e. The van der Waals surface area contributed by atoms with E-state index in [-0.39, 0.29) is 6.09 Å². The van der Waals surface area contributed by atoms with Crippen LogP contribution in [0.4, 0.5) is 4.79 Å². The normalized spacial score (nSPS) is 10.3. The number of nitrogens with one attached hydrogen (secondary N) is 1. The number of benzene rings is 1. The molecule has 0 bridgehead atoms. The van der Waals surface area contributed by atoms with Gasteiger partial charge < -0.3 is 15.0 Å². The molecule has 0 unspecified atom stereocenters. The maximum atomic E-state index is 11.4. The van der Waals surface area contributed by atoms with E-state index in [1.54, 1.807) is 12.1 Å². The average molecular weight is 236 g/mol. The molecule has 94 valence electrons. The number of ether oxygens (including phenoxy) is 1. The number of carbonyl (C=O) groups is 1. The molecule has 0 radical (unpaired) electrons. The van der Waals surface area contributed by atoms with E-state index < -0.39 is 0 Å².